The van der Waals surface area contributed by atoms with E-state index in [1.807, 2.05) is 0 Å². The van der Waals surface area contributed by atoms with E-state index in [4.69, 9.17) is 0 Å². The highest BCUT2D eigenvalue weighted by Gasteiger charge is 2.23. The average molecular weight is 731 g/mol. The maximum atomic E-state index is 2.63. The van der Waals surface area contributed by atoms with E-state index in [1.54, 1.807) is 0 Å². The fourth-order valence-corrected chi connectivity index (χ4v) is 13.1. The molecule has 3 aliphatic rings. The summed E-state index contributed by atoms with van der Waals surface area (Å²) in [6.07, 6.45) is 18.1. The quantitative estimate of drug-likeness (QED) is 0.163. The van der Waals surface area contributed by atoms with Crippen molar-refractivity contribution in [1.29, 1.82) is 0 Å². The Hall–Kier alpha value is -5.30. The van der Waals surface area contributed by atoms with Gasteiger partial charge in [0.05, 0.1) is 0 Å². The summed E-state index contributed by atoms with van der Waals surface area (Å²) >= 11 is 0. The van der Waals surface area contributed by atoms with Gasteiger partial charge in [-0.3, -0.25) is 0 Å². The monoisotopic (exact) mass is 730 g/mol. The molecule has 0 saturated carbocycles. The minimum absolute atomic E-state index is 0.472. The number of piperidine rings is 2. The van der Waals surface area contributed by atoms with Crippen molar-refractivity contribution in [3.63, 3.8) is 0 Å². The van der Waals surface area contributed by atoms with Crippen molar-refractivity contribution in [1.82, 2.24) is 0 Å². The van der Waals surface area contributed by atoms with Crippen LogP contribution in [0.25, 0.3) is 75.6 Å². The SMILES string of the molecule is C1=CCC(p2c3ccccc3c3cc(-c4c5ccc(N6CCCCC6)cc5c(-c5ccc6ccccc6c5)c5ccc(N6CCCCC6)cc45)ccc32)C=C1. The molecule has 0 radical (unpaired) electrons. The van der Waals surface area contributed by atoms with Gasteiger partial charge in [-0.15, -0.1) is 7.53 Å². The maximum Gasteiger partial charge on any atom is 0.0372 e. The van der Waals surface area contributed by atoms with Gasteiger partial charge >= 0.3 is 0 Å². The molecule has 2 fully saturated rings. The summed E-state index contributed by atoms with van der Waals surface area (Å²) in [5.41, 5.74) is 8.60. The minimum atomic E-state index is -0.472. The zero-order chi connectivity index (χ0) is 36.3. The van der Waals surface area contributed by atoms with Crippen LogP contribution in [0.2, 0.25) is 0 Å². The molecule has 1 aliphatic carbocycles. The van der Waals surface area contributed by atoms with Gasteiger partial charge in [-0.05, 0) is 153 Å². The Kier molecular flexibility index (Phi) is 8.28. The maximum absolute atomic E-state index is 2.63. The van der Waals surface area contributed by atoms with Crippen LogP contribution in [-0.2, 0) is 0 Å². The van der Waals surface area contributed by atoms with Gasteiger partial charge in [0.2, 0.25) is 0 Å². The van der Waals surface area contributed by atoms with E-state index in [-0.39, 0.29) is 0 Å². The van der Waals surface area contributed by atoms with Gasteiger partial charge in [-0.25, -0.2) is 0 Å². The molecule has 2 nitrogen and oxygen atoms in total. The smallest absolute Gasteiger partial charge is 0.0372 e. The zero-order valence-electron chi connectivity index (χ0n) is 31.6. The van der Waals surface area contributed by atoms with Gasteiger partial charge in [0.25, 0.3) is 0 Å². The Morgan fingerprint density at radius 3 is 1.71 bits per heavy atom. The predicted octanol–water partition coefficient (Wildman–Crippen LogP) is 14.8. The fourth-order valence-electron chi connectivity index (χ4n) is 10.1. The van der Waals surface area contributed by atoms with Gasteiger partial charge < -0.3 is 9.80 Å². The first-order valence-corrected chi connectivity index (χ1v) is 22.1. The van der Waals surface area contributed by atoms with Gasteiger partial charge in [0, 0.05) is 53.4 Å². The highest BCUT2D eigenvalue weighted by atomic mass is 31.1. The number of anilines is 2. The van der Waals surface area contributed by atoms with E-state index in [1.165, 1.54) is 125 Å². The van der Waals surface area contributed by atoms with Gasteiger partial charge in [0.15, 0.2) is 0 Å². The van der Waals surface area contributed by atoms with E-state index in [9.17, 15) is 0 Å². The number of hydrogen-bond acceptors (Lipinski definition) is 2. The lowest BCUT2D eigenvalue weighted by Crippen LogP contribution is -2.29. The third-order valence-electron chi connectivity index (χ3n) is 12.9. The average Bonchev–Trinajstić information content (AvgIpc) is 3.59. The molecule has 0 spiro atoms. The first-order valence-electron chi connectivity index (χ1n) is 20.7. The van der Waals surface area contributed by atoms with E-state index in [2.05, 4.69) is 155 Å². The third kappa shape index (κ3) is 5.68. The molecule has 2 saturated heterocycles. The van der Waals surface area contributed by atoms with E-state index in [0.717, 1.165) is 32.6 Å². The van der Waals surface area contributed by atoms with Crippen molar-refractivity contribution < 1.29 is 0 Å². The molecule has 2 unspecified atom stereocenters. The van der Waals surface area contributed by atoms with E-state index < -0.39 is 7.53 Å². The summed E-state index contributed by atoms with van der Waals surface area (Å²) in [7, 11) is -0.472. The Balaban J connectivity index is 1.22. The lowest BCUT2D eigenvalue weighted by Gasteiger charge is -2.30. The molecule has 3 heterocycles. The van der Waals surface area contributed by atoms with Crippen molar-refractivity contribution in [2.24, 2.45) is 0 Å². The van der Waals surface area contributed by atoms with E-state index in [0.29, 0.717) is 5.66 Å². The molecular formula is C52H47N2P. The molecule has 55 heavy (non-hydrogen) atoms. The van der Waals surface area contributed by atoms with Gasteiger partial charge in [0.1, 0.15) is 0 Å². The van der Waals surface area contributed by atoms with Crippen LogP contribution in [0.5, 0.6) is 0 Å². The highest BCUT2D eigenvalue weighted by molar-refractivity contribution is 7.61. The first-order chi connectivity index (χ1) is 27.3. The first kappa shape index (κ1) is 33.1. The van der Waals surface area contributed by atoms with Gasteiger partial charge in [-0.1, -0.05) is 103 Å². The Bertz CT molecular complexity index is 2830. The molecule has 1 aromatic heterocycles. The second-order valence-corrected chi connectivity index (χ2v) is 18.5. The van der Waals surface area contributed by atoms with Crippen molar-refractivity contribution in [3.05, 3.63) is 146 Å². The van der Waals surface area contributed by atoms with Crippen LogP contribution in [0, 0.1) is 0 Å². The fraction of sp³-hybridized carbons (Fsp3) is 0.231. The molecule has 3 heteroatoms. The summed E-state index contributed by atoms with van der Waals surface area (Å²) in [5.74, 6) is 0. The van der Waals surface area contributed by atoms with Crippen molar-refractivity contribution >= 4 is 72.2 Å². The lowest BCUT2D eigenvalue weighted by atomic mass is 9.84. The molecular weight excluding hydrogens is 684 g/mol. The summed E-state index contributed by atoms with van der Waals surface area (Å²) in [5, 5.41) is 13.9. The number of fused-ring (bicyclic) bond motifs is 6. The van der Waals surface area contributed by atoms with Crippen LogP contribution in [0.4, 0.5) is 11.4 Å². The predicted molar refractivity (Wildman–Crippen MR) is 242 cm³/mol. The standard InChI is InChI=1S/C52H47N2P/c1-4-16-42(17-5-1)55-49-19-9-8-18-43(49)46-33-39(22-27-50(46)55)52-45-26-24-40(53-28-10-2-11-29-53)34-47(45)51(38-21-20-36-14-6-7-15-37(36)32-38)44-25-23-41(35-48(44)52)54-30-12-3-13-31-54/h1,4-9,14-16,18-27,32-35,42H,2-3,10-13,17,28-31H2. The van der Waals surface area contributed by atoms with Crippen LogP contribution in [0.1, 0.15) is 50.6 Å². The van der Waals surface area contributed by atoms with Crippen LogP contribution in [0.15, 0.2) is 146 Å². The van der Waals surface area contributed by atoms with Crippen LogP contribution in [0.3, 0.4) is 0 Å². The van der Waals surface area contributed by atoms with Gasteiger partial charge in [-0.2, -0.15) is 0 Å². The largest absolute Gasteiger partial charge is 0.372 e. The Morgan fingerprint density at radius 2 is 1.04 bits per heavy atom. The Labute approximate surface area is 325 Å². The molecule has 270 valence electrons. The second-order valence-electron chi connectivity index (χ2n) is 16.1. The number of hydrogen-bond donors (Lipinski definition) is 0. The van der Waals surface area contributed by atoms with Crippen LogP contribution < -0.4 is 9.80 Å². The van der Waals surface area contributed by atoms with Crippen LogP contribution >= 0.6 is 7.53 Å². The molecule has 0 amide bonds. The topological polar surface area (TPSA) is 6.48 Å². The Morgan fingerprint density at radius 1 is 0.436 bits per heavy atom. The van der Waals surface area contributed by atoms with Crippen molar-refractivity contribution in [3.8, 4) is 22.3 Å². The summed E-state index contributed by atoms with van der Waals surface area (Å²) < 4.78 is 0. The number of allylic oxidation sites excluding steroid dienone is 4. The lowest BCUT2D eigenvalue weighted by molar-refractivity contribution is 0.578. The third-order valence-corrected chi connectivity index (χ3v) is 15.7. The minimum Gasteiger partial charge on any atom is -0.372 e. The molecule has 8 aromatic rings. The number of benzene rings is 7. The molecule has 0 N–H and O–H groups in total. The number of rotatable bonds is 5. The molecule has 0 bridgehead atoms. The van der Waals surface area contributed by atoms with Crippen molar-refractivity contribution in [2.75, 3.05) is 36.0 Å². The molecule has 11 rings (SSSR count). The zero-order valence-corrected chi connectivity index (χ0v) is 32.4. The second kappa shape index (κ2) is 13.8. The summed E-state index contributed by atoms with van der Waals surface area (Å²) in [4.78, 5) is 5.25. The molecule has 7 aromatic carbocycles. The van der Waals surface area contributed by atoms with Crippen molar-refractivity contribution in [2.45, 2.75) is 50.6 Å². The molecule has 2 atom stereocenters. The summed E-state index contributed by atoms with van der Waals surface area (Å²) in [6.45, 7) is 4.54. The van der Waals surface area contributed by atoms with Crippen LogP contribution in [-0.4, -0.2) is 26.2 Å². The highest BCUT2D eigenvalue weighted by Crippen LogP contribution is 2.58. The van der Waals surface area contributed by atoms with E-state index >= 15 is 0 Å². The normalized spacial score (nSPS) is 18.0. The molecule has 2 aliphatic heterocycles. The number of nitrogens with zero attached hydrogens (tertiary/aromatic N) is 2. The summed E-state index contributed by atoms with van der Waals surface area (Å²) in [6, 6.07) is 47.6.